The molecule has 23 heavy (non-hydrogen) atoms. The van der Waals surface area contributed by atoms with Crippen LogP contribution < -0.4 is 5.32 Å². The molecule has 1 aromatic rings. The molecule has 5 heteroatoms. The number of ether oxygens (including phenoxy) is 1. The SMILES string of the molecule is COCCN(CCC(=O)Nc1ccccc1C(C)(C)C)C(C)=O. The van der Waals surface area contributed by atoms with Crippen molar-refractivity contribution in [3.05, 3.63) is 29.8 Å². The highest BCUT2D eigenvalue weighted by Crippen LogP contribution is 2.29. The van der Waals surface area contributed by atoms with Crippen molar-refractivity contribution in [2.24, 2.45) is 0 Å². The summed E-state index contributed by atoms with van der Waals surface area (Å²) in [7, 11) is 1.59. The minimum atomic E-state index is -0.0923. The first-order chi connectivity index (χ1) is 10.8. The summed E-state index contributed by atoms with van der Waals surface area (Å²) in [6.07, 6.45) is 0.266. The van der Waals surface area contributed by atoms with E-state index in [9.17, 15) is 9.59 Å². The number of carbonyl (C=O) groups is 2. The average Bonchev–Trinajstić information content (AvgIpc) is 2.46. The fourth-order valence-corrected chi connectivity index (χ4v) is 2.32. The Kier molecular flexibility index (Phi) is 7.23. The maximum absolute atomic E-state index is 12.2. The number of rotatable bonds is 7. The molecule has 2 amide bonds. The highest BCUT2D eigenvalue weighted by atomic mass is 16.5. The van der Waals surface area contributed by atoms with Crippen LogP contribution in [-0.2, 0) is 19.7 Å². The van der Waals surface area contributed by atoms with Gasteiger partial charge in [0.1, 0.15) is 0 Å². The van der Waals surface area contributed by atoms with E-state index in [2.05, 4.69) is 26.1 Å². The monoisotopic (exact) mass is 320 g/mol. The molecule has 0 radical (unpaired) electrons. The van der Waals surface area contributed by atoms with Crippen molar-refractivity contribution >= 4 is 17.5 Å². The molecule has 128 valence electrons. The van der Waals surface area contributed by atoms with Gasteiger partial charge < -0.3 is 15.0 Å². The van der Waals surface area contributed by atoms with Crippen molar-refractivity contribution in [3.8, 4) is 0 Å². The summed E-state index contributed by atoms with van der Waals surface area (Å²) >= 11 is 0. The summed E-state index contributed by atoms with van der Waals surface area (Å²) in [6, 6.07) is 7.81. The number of nitrogens with zero attached hydrogens (tertiary/aromatic N) is 1. The van der Waals surface area contributed by atoms with E-state index in [1.807, 2.05) is 24.3 Å². The first-order valence-electron chi connectivity index (χ1n) is 7.89. The molecule has 0 bridgehead atoms. The van der Waals surface area contributed by atoms with Gasteiger partial charge in [-0.05, 0) is 17.0 Å². The van der Waals surface area contributed by atoms with Crippen molar-refractivity contribution in [2.75, 3.05) is 32.1 Å². The van der Waals surface area contributed by atoms with Gasteiger partial charge in [0.05, 0.1) is 6.61 Å². The molecule has 0 atom stereocenters. The Labute approximate surface area is 139 Å². The van der Waals surface area contributed by atoms with Crippen LogP contribution in [0, 0.1) is 0 Å². The molecule has 1 N–H and O–H groups in total. The molecule has 1 rings (SSSR count). The first-order valence-corrected chi connectivity index (χ1v) is 7.89. The normalized spacial score (nSPS) is 11.2. The molecule has 0 aliphatic heterocycles. The van der Waals surface area contributed by atoms with Crippen molar-refractivity contribution in [1.82, 2.24) is 4.90 Å². The van der Waals surface area contributed by atoms with Crippen LogP contribution in [-0.4, -0.2) is 43.5 Å². The minimum Gasteiger partial charge on any atom is -0.383 e. The van der Waals surface area contributed by atoms with Gasteiger partial charge in [-0.2, -0.15) is 0 Å². The van der Waals surface area contributed by atoms with E-state index in [1.165, 1.54) is 6.92 Å². The zero-order chi connectivity index (χ0) is 17.5. The number of anilines is 1. The van der Waals surface area contributed by atoms with E-state index in [1.54, 1.807) is 12.0 Å². The van der Waals surface area contributed by atoms with Gasteiger partial charge in [-0.15, -0.1) is 0 Å². The van der Waals surface area contributed by atoms with Crippen molar-refractivity contribution < 1.29 is 14.3 Å². The number of hydrogen-bond acceptors (Lipinski definition) is 3. The quantitative estimate of drug-likeness (QED) is 0.840. The summed E-state index contributed by atoms with van der Waals surface area (Å²) in [5.74, 6) is -0.143. The van der Waals surface area contributed by atoms with Gasteiger partial charge in [0.25, 0.3) is 0 Å². The Hall–Kier alpha value is -1.88. The molecule has 5 nitrogen and oxygen atoms in total. The summed E-state index contributed by atoms with van der Waals surface area (Å²) in [6.45, 7) is 9.19. The van der Waals surface area contributed by atoms with Gasteiger partial charge in [0.15, 0.2) is 0 Å². The van der Waals surface area contributed by atoms with Crippen LogP contribution in [0.2, 0.25) is 0 Å². The molecular formula is C18H28N2O3. The Morgan fingerprint density at radius 1 is 1.17 bits per heavy atom. The molecule has 0 saturated heterocycles. The van der Waals surface area contributed by atoms with E-state index in [-0.39, 0.29) is 23.7 Å². The molecular weight excluding hydrogens is 292 g/mol. The van der Waals surface area contributed by atoms with Crippen LogP contribution in [0.15, 0.2) is 24.3 Å². The van der Waals surface area contributed by atoms with E-state index in [4.69, 9.17) is 4.74 Å². The Bertz CT molecular complexity index is 535. The lowest BCUT2D eigenvalue weighted by Crippen LogP contribution is -2.34. The van der Waals surface area contributed by atoms with Crippen LogP contribution in [0.3, 0.4) is 0 Å². The third-order valence-electron chi connectivity index (χ3n) is 3.63. The molecule has 0 aliphatic rings. The predicted molar refractivity (Wildman–Crippen MR) is 92.5 cm³/mol. The van der Waals surface area contributed by atoms with Crippen LogP contribution >= 0.6 is 0 Å². The standard InChI is InChI=1S/C18H28N2O3/c1-14(21)20(12-13-23-5)11-10-17(22)19-16-9-7-6-8-15(16)18(2,3)4/h6-9H,10-13H2,1-5H3,(H,19,22). The van der Waals surface area contributed by atoms with Gasteiger partial charge in [-0.1, -0.05) is 39.0 Å². The Balaban J connectivity index is 2.65. The zero-order valence-electron chi connectivity index (χ0n) is 14.8. The maximum Gasteiger partial charge on any atom is 0.226 e. The molecule has 0 aromatic heterocycles. The summed E-state index contributed by atoms with van der Waals surface area (Å²) in [4.78, 5) is 25.4. The number of methoxy groups -OCH3 is 1. The number of para-hydroxylation sites is 1. The van der Waals surface area contributed by atoms with E-state index in [0.717, 1.165) is 11.3 Å². The number of amides is 2. The number of carbonyl (C=O) groups excluding carboxylic acids is 2. The summed E-state index contributed by atoms with van der Waals surface area (Å²) < 4.78 is 4.98. The minimum absolute atomic E-state index is 0.0479. The van der Waals surface area contributed by atoms with Crippen molar-refractivity contribution in [1.29, 1.82) is 0 Å². The lowest BCUT2D eigenvalue weighted by atomic mass is 9.86. The molecule has 0 fully saturated rings. The fraction of sp³-hybridized carbons (Fsp3) is 0.556. The average molecular weight is 320 g/mol. The van der Waals surface area contributed by atoms with Crippen LogP contribution in [0.5, 0.6) is 0 Å². The van der Waals surface area contributed by atoms with E-state index in [0.29, 0.717) is 19.7 Å². The Morgan fingerprint density at radius 3 is 2.39 bits per heavy atom. The summed E-state index contributed by atoms with van der Waals surface area (Å²) in [5, 5.41) is 2.96. The van der Waals surface area contributed by atoms with Gasteiger partial charge >= 0.3 is 0 Å². The molecule has 0 spiro atoms. The predicted octanol–water partition coefficient (Wildman–Crippen LogP) is 2.81. The lowest BCUT2D eigenvalue weighted by molar-refractivity contribution is -0.130. The second-order valence-corrected chi connectivity index (χ2v) is 6.59. The van der Waals surface area contributed by atoms with Gasteiger partial charge in [0, 0.05) is 39.2 Å². The molecule has 0 saturated carbocycles. The smallest absolute Gasteiger partial charge is 0.226 e. The van der Waals surface area contributed by atoms with Crippen molar-refractivity contribution in [3.63, 3.8) is 0 Å². The zero-order valence-corrected chi connectivity index (χ0v) is 14.8. The van der Waals surface area contributed by atoms with Crippen LogP contribution in [0.25, 0.3) is 0 Å². The maximum atomic E-state index is 12.2. The number of nitrogens with one attached hydrogen (secondary N) is 1. The number of benzene rings is 1. The van der Waals surface area contributed by atoms with E-state index < -0.39 is 0 Å². The Morgan fingerprint density at radius 2 is 1.83 bits per heavy atom. The second-order valence-electron chi connectivity index (χ2n) is 6.59. The largest absolute Gasteiger partial charge is 0.383 e. The first kappa shape index (κ1) is 19.2. The van der Waals surface area contributed by atoms with Crippen molar-refractivity contribution in [2.45, 2.75) is 39.5 Å². The highest BCUT2D eigenvalue weighted by molar-refractivity contribution is 5.92. The molecule has 0 heterocycles. The van der Waals surface area contributed by atoms with Gasteiger partial charge in [-0.3, -0.25) is 9.59 Å². The topological polar surface area (TPSA) is 58.6 Å². The molecule has 0 unspecified atom stereocenters. The third kappa shape index (κ3) is 6.40. The van der Waals surface area contributed by atoms with Crippen LogP contribution in [0.1, 0.15) is 39.7 Å². The third-order valence-corrected chi connectivity index (χ3v) is 3.63. The van der Waals surface area contributed by atoms with Crippen LogP contribution in [0.4, 0.5) is 5.69 Å². The van der Waals surface area contributed by atoms with Gasteiger partial charge in [0.2, 0.25) is 11.8 Å². The van der Waals surface area contributed by atoms with E-state index >= 15 is 0 Å². The number of hydrogen-bond donors (Lipinski definition) is 1. The van der Waals surface area contributed by atoms with Gasteiger partial charge in [-0.25, -0.2) is 0 Å². The molecule has 1 aromatic carbocycles. The lowest BCUT2D eigenvalue weighted by Gasteiger charge is -2.24. The second kappa shape index (κ2) is 8.67. The fourth-order valence-electron chi connectivity index (χ4n) is 2.32. The molecule has 0 aliphatic carbocycles. The summed E-state index contributed by atoms with van der Waals surface area (Å²) in [5.41, 5.74) is 1.88. The highest BCUT2D eigenvalue weighted by Gasteiger charge is 2.19.